The third kappa shape index (κ3) is 11.2. The van der Waals surface area contributed by atoms with E-state index in [2.05, 4.69) is 52.0 Å². The van der Waals surface area contributed by atoms with Crippen LogP contribution in [0.2, 0.25) is 5.02 Å². The number of aromatic nitrogens is 2. The van der Waals surface area contributed by atoms with Gasteiger partial charge in [-0.15, -0.1) is 0 Å². The first-order valence-electron chi connectivity index (χ1n) is 23.2. The van der Waals surface area contributed by atoms with Crippen molar-refractivity contribution in [2.75, 3.05) is 88.4 Å². The molecule has 20 heteroatoms. The van der Waals surface area contributed by atoms with Crippen molar-refractivity contribution in [1.29, 1.82) is 0 Å². The van der Waals surface area contributed by atoms with Crippen molar-refractivity contribution >= 4 is 82.4 Å². The lowest BCUT2D eigenvalue weighted by Gasteiger charge is -2.43. The van der Waals surface area contributed by atoms with Gasteiger partial charge in [0.2, 0.25) is 23.7 Å². The van der Waals surface area contributed by atoms with Crippen LogP contribution < -0.4 is 40.9 Å². The Balaban J connectivity index is 0.804. The Bertz CT molecular complexity index is 2680. The summed E-state index contributed by atoms with van der Waals surface area (Å²) >= 11 is 6.49. The lowest BCUT2D eigenvalue weighted by molar-refractivity contribution is -0.136. The number of nitrogens with zero attached hydrogens (tertiary/aromatic N) is 6. The van der Waals surface area contributed by atoms with Crippen LogP contribution in [-0.4, -0.2) is 145 Å². The van der Waals surface area contributed by atoms with Crippen LogP contribution >= 0.6 is 18.7 Å². The first-order valence-corrected chi connectivity index (χ1v) is 26.2. The summed E-state index contributed by atoms with van der Waals surface area (Å²) in [6.45, 7) is 14.7. The zero-order valence-corrected chi connectivity index (χ0v) is 41.5. The van der Waals surface area contributed by atoms with Crippen LogP contribution in [0.4, 0.5) is 28.8 Å². The molecule has 0 aliphatic carbocycles. The highest BCUT2D eigenvalue weighted by atomic mass is 35.5. The zero-order valence-electron chi connectivity index (χ0n) is 39.8. The minimum Gasteiger partial charge on any atom is -0.494 e. The fourth-order valence-electron chi connectivity index (χ4n) is 9.30. The molecule has 18 nitrogen and oxygen atoms in total. The van der Waals surface area contributed by atoms with E-state index in [0.29, 0.717) is 45.3 Å². The summed E-state index contributed by atoms with van der Waals surface area (Å²) in [5.74, 6) is -0.980. The highest BCUT2D eigenvalue weighted by Gasteiger charge is 2.46. The number of piperazine rings is 1. The predicted octanol–water partition coefficient (Wildman–Crippen LogP) is 5.47. The second kappa shape index (κ2) is 20.5. The number of hydrogen-bond acceptors (Lipinski definition) is 15. The molecular formula is C49H60ClN10O8P. The number of para-hydroxylation sites is 1. The third-order valence-electron chi connectivity index (χ3n) is 13.2. The number of ether oxygens (including phenoxy) is 2. The van der Waals surface area contributed by atoms with Gasteiger partial charge in [0.05, 0.1) is 48.4 Å². The first kappa shape index (κ1) is 49.4. The molecule has 8 rings (SSSR count). The zero-order chi connectivity index (χ0) is 49.2. The van der Waals surface area contributed by atoms with Gasteiger partial charge in [0.15, 0.2) is 5.82 Å². The van der Waals surface area contributed by atoms with E-state index in [9.17, 15) is 28.5 Å². The van der Waals surface area contributed by atoms with E-state index in [-0.39, 0.29) is 48.8 Å². The molecule has 4 N–H and O–H groups in total. The number of hydrogen-bond donors (Lipinski definition) is 4. The second-order valence-electron chi connectivity index (χ2n) is 19.3. The van der Waals surface area contributed by atoms with Crippen LogP contribution in [0.5, 0.6) is 11.5 Å². The van der Waals surface area contributed by atoms with E-state index in [4.69, 9.17) is 21.1 Å². The molecule has 3 saturated heterocycles. The second-order valence-corrected chi connectivity index (χ2v) is 22.9. The van der Waals surface area contributed by atoms with Crippen molar-refractivity contribution in [3.05, 3.63) is 83.0 Å². The van der Waals surface area contributed by atoms with Gasteiger partial charge in [0.25, 0.3) is 11.8 Å². The molecule has 3 aromatic carbocycles. The van der Waals surface area contributed by atoms with Crippen molar-refractivity contribution in [2.45, 2.75) is 64.6 Å². The molecule has 0 spiro atoms. The van der Waals surface area contributed by atoms with E-state index in [1.54, 1.807) is 32.6 Å². The van der Waals surface area contributed by atoms with Gasteiger partial charge in [-0.05, 0) is 74.4 Å². The average Bonchev–Trinajstić information content (AvgIpc) is 3.57. The molecule has 5 amide bonds. The minimum atomic E-state index is -2.57. The van der Waals surface area contributed by atoms with Crippen molar-refractivity contribution in [2.24, 2.45) is 5.41 Å². The van der Waals surface area contributed by atoms with E-state index in [1.807, 2.05) is 57.2 Å². The highest BCUT2D eigenvalue weighted by molar-refractivity contribution is 7.70. The fourth-order valence-corrected chi connectivity index (χ4v) is 10.6. The van der Waals surface area contributed by atoms with Crippen molar-refractivity contribution < 1.29 is 38.0 Å². The van der Waals surface area contributed by atoms with Crippen LogP contribution in [0.25, 0.3) is 0 Å². The molecule has 3 fully saturated rings. The Morgan fingerprint density at radius 3 is 2.33 bits per heavy atom. The molecule has 4 aliphatic heterocycles. The van der Waals surface area contributed by atoms with E-state index in [0.717, 1.165) is 62.7 Å². The minimum absolute atomic E-state index is 0.0257. The molecular weight excluding hydrogens is 923 g/mol. The summed E-state index contributed by atoms with van der Waals surface area (Å²) in [6.07, 6.45) is 3.59. The summed E-state index contributed by atoms with van der Waals surface area (Å²) in [5.41, 5.74) is 2.20. The summed E-state index contributed by atoms with van der Waals surface area (Å²) in [6, 6.07) is 17.1. The van der Waals surface area contributed by atoms with Gasteiger partial charge in [0.1, 0.15) is 36.3 Å². The largest absolute Gasteiger partial charge is 0.494 e. The molecule has 1 aromatic heterocycles. The molecule has 4 aliphatic rings. The molecule has 0 bridgehead atoms. The SMILES string of the molecule is COc1cc(N2CCC(N3CCN(CC(=O)N[C@H](COc4cccc5c4C(=O)N(C4CCC(=O)NC4=O)C5=O)C(C)(C)C)CC3)CC2)ccc1Nc1ncc(Cl)c(Nc2ccccc2P(C)(C)=O)n1. The van der Waals surface area contributed by atoms with Gasteiger partial charge in [-0.25, -0.2) is 4.98 Å². The van der Waals surface area contributed by atoms with Gasteiger partial charge < -0.3 is 34.9 Å². The predicted molar refractivity (Wildman–Crippen MR) is 265 cm³/mol. The Hall–Kier alpha value is -6.07. The van der Waals surface area contributed by atoms with Crippen LogP contribution in [0, 0.1) is 5.41 Å². The Labute approximate surface area is 407 Å². The molecule has 0 saturated carbocycles. The van der Waals surface area contributed by atoms with Gasteiger partial charge in [0, 0.05) is 68.8 Å². The summed E-state index contributed by atoms with van der Waals surface area (Å²) in [4.78, 5) is 81.8. The monoisotopic (exact) mass is 982 g/mol. The number of nitrogens with one attached hydrogen (secondary N) is 4. The van der Waals surface area contributed by atoms with Crippen LogP contribution in [-0.2, 0) is 18.9 Å². The molecule has 366 valence electrons. The van der Waals surface area contributed by atoms with Gasteiger partial charge in [-0.1, -0.05) is 50.6 Å². The molecule has 4 aromatic rings. The number of rotatable bonds is 15. The Morgan fingerprint density at radius 1 is 0.899 bits per heavy atom. The maximum atomic E-state index is 13.6. The number of benzene rings is 3. The smallest absolute Gasteiger partial charge is 0.266 e. The molecule has 5 heterocycles. The molecule has 1 unspecified atom stereocenters. The standard InChI is InChI=1S/C49H60ClN10O8P/c1-49(2,3)40(29-68-37-12-9-10-32-43(37)47(65)60(46(32)64)36-16-17-41(61)55-45(36)63)54-42(62)28-57-22-24-59(25-23-57)30-18-20-58(21-19-30)31-14-15-34(38(26-31)67-4)53-48-51-27-33(50)44(56-48)52-35-11-7-8-13-39(35)69(5,6)66/h7-15,26-27,30,36,40H,16-25,28-29H2,1-6H3,(H,54,62)(H,55,61,63)(H2,51,52,53,56)/t36?,40-/m1/s1. The van der Waals surface area contributed by atoms with Crippen molar-refractivity contribution in [1.82, 2.24) is 35.3 Å². The van der Waals surface area contributed by atoms with Crippen molar-refractivity contribution in [3.63, 3.8) is 0 Å². The summed E-state index contributed by atoms with van der Waals surface area (Å²) in [5, 5.41) is 12.9. The number of anilines is 5. The Kier molecular flexibility index (Phi) is 14.7. The van der Waals surface area contributed by atoms with Gasteiger partial charge in [-0.2, -0.15) is 4.98 Å². The summed E-state index contributed by atoms with van der Waals surface area (Å²) < 4.78 is 25.0. The van der Waals surface area contributed by atoms with Crippen LogP contribution in [0.15, 0.2) is 66.9 Å². The van der Waals surface area contributed by atoms with Crippen LogP contribution in [0.3, 0.4) is 0 Å². The van der Waals surface area contributed by atoms with Crippen molar-refractivity contribution in [3.8, 4) is 11.5 Å². The number of halogens is 1. The van der Waals surface area contributed by atoms with E-state index >= 15 is 0 Å². The van der Waals surface area contributed by atoms with E-state index < -0.39 is 48.3 Å². The molecule has 2 atom stereocenters. The van der Waals surface area contributed by atoms with E-state index in [1.165, 1.54) is 12.3 Å². The number of methoxy groups -OCH3 is 1. The fraction of sp³-hybridized carbons (Fsp3) is 0.449. The maximum absolute atomic E-state index is 13.6. The normalized spacial score (nSPS) is 19.0. The van der Waals surface area contributed by atoms with Crippen LogP contribution in [0.1, 0.15) is 67.2 Å². The Morgan fingerprint density at radius 2 is 1.64 bits per heavy atom. The lowest BCUT2D eigenvalue weighted by Crippen LogP contribution is -2.56. The number of amides is 5. The first-order chi connectivity index (χ1) is 32.9. The maximum Gasteiger partial charge on any atom is 0.266 e. The topological polar surface area (TPSA) is 208 Å². The quantitative estimate of drug-likeness (QED) is 0.0861. The average molecular weight is 984 g/mol. The number of carbonyl (C=O) groups excluding carboxylic acids is 5. The summed E-state index contributed by atoms with van der Waals surface area (Å²) in [7, 11) is -0.942. The number of carbonyl (C=O) groups is 5. The number of fused-ring (bicyclic) bond motifs is 1. The third-order valence-corrected chi connectivity index (χ3v) is 15.1. The molecule has 69 heavy (non-hydrogen) atoms. The number of imide groups is 2. The highest BCUT2D eigenvalue weighted by Crippen LogP contribution is 2.40. The number of piperidine rings is 2. The van der Waals surface area contributed by atoms with Gasteiger partial charge in [-0.3, -0.25) is 44.0 Å². The lowest BCUT2D eigenvalue weighted by atomic mass is 9.87. The van der Waals surface area contributed by atoms with Gasteiger partial charge >= 0.3 is 0 Å². The molecule has 0 radical (unpaired) electrons.